The van der Waals surface area contributed by atoms with Crippen LogP contribution >= 0.6 is 0 Å². The number of nitrogens with one attached hydrogen (secondary N) is 2. The molecule has 6 nitrogen and oxygen atoms in total. The van der Waals surface area contributed by atoms with Crippen LogP contribution in [0.5, 0.6) is 0 Å². The van der Waals surface area contributed by atoms with Crippen LogP contribution in [-0.4, -0.2) is 35.5 Å². The van der Waals surface area contributed by atoms with Crippen LogP contribution in [0.15, 0.2) is 42.5 Å². The van der Waals surface area contributed by atoms with E-state index in [0.29, 0.717) is 0 Å². The Kier molecular flexibility index (Phi) is 5.02. The van der Waals surface area contributed by atoms with Crippen molar-refractivity contribution in [2.45, 2.75) is 25.8 Å². The van der Waals surface area contributed by atoms with Crippen LogP contribution in [0.2, 0.25) is 0 Å². The molecule has 1 atom stereocenters. The predicted octanol–water partition coefficient (Wildman–Crippen LogP) is 1.45. The number of hydrogen-bond donors (Lipinski definition) is 3. The van der Waals surface area contributed by atoms with Gasteiger partial charge in [0, 0.05) is 6.42 Å². The van der Waals surface area contributed by atoms with Crippen LogP contribution < -0.4 is 10.6 Å². The van der Waals surface area contributed by atoms with Gasteiger partial charge < -0.3 is 15.7 Å². The summed E-state index contributed by atoms with van der Waals surface area (Å²) in [5, 5.41) is 14.4. The Morgan fingerprint density at radius 3 is 2.65 bits per heavy atom. The molecule has 0 radical (unpaired) electrons. The second kappa shape index (κ2) is 7.39. The fourth-order valence-corrected chi connectivity index (χ4v) is 3.06. The quantitative estimate of drug-likeness (QED) is 0.724. The minimum absolute atomic E-state index is 0.155. The first-order valence-corrected chi connectivity index (χ1v) is 8.40. The standard InChI is InChI=1S/C20H20N2O4/c1-12-5-6-14-8-16(12)15-4-2-3-13(7-15)10-18(23)21-11-19(24)22-17(9-14)20(25)26/h2-8,17H,9-11H2,1H3,(H,21,23)(H,22,24)(H,25,26). The highest BCUT2D eigenvalue weighted by Gasteiger charge is 2.21. The van der Waals surface area contributed by atoms with Crippen molar-refractivity contribution in [2.75, 3.05) is 6.54 Å². The molecule has 2 aromatic carbocycles. The van der Waals surface area contributed by atoms with Gasteiger partial charge in [-0.1, -0.05) is 42.5 Å². The lowest BCUT2D eigenvalue weighted by molar-refractivity contribution is -0.141. The molecule has 2 amide bonds. The first kappa shape index (κ1) is 17.7. The van der Waals surface area contributed by atoms with Gasteiger partial charge in [-0.3, -0.25) is 9.59 Å². The summed E-state index contributed by atoms with van der Waals surface area (Å²) in [5.74, 6) is -1.92. The van der Waals surface area contributed by atoms with Crippen LogP contribution in [0.3, 0.4) is 0 Å². The summed E-state index contributed by atoms with van der Waals surface area (Å²) in [6.07, 6.45) is 0.324. The van der Waals surface area contributed by atoms with Gasteiger partial charge in [-0.05, 0) is 34.7 Å². The Morgan fingerprint density at radius 2 is 1.88 bits per heavy atom. The average Bonchev–Trinajstić information content (AvgIpc) is 2.60. The SMILES string of the molecule is Cc1ccc2cc1-c1cccc(c1)CC(=O)NCC(=O)NC(C(=O)O)C2. The van der Waals surface area contributed by atoms with Crippen molar-refractivity contribution in [1.82, 2.24) is 10.6 Å². The maximum Gasteiger partial charge on any atom is 0.326 e. The molecule has 1 unspecified atom stereocenters. The molecule has 26 heavy (non-hydrogen) atoms. The Bertz CT molecular complexity index is 876. The highest BCUT2D eigenvalue weighted by Crippen LogP contribution is 2.26. The maximum absolute atomic E-state index is 12.1. The minimum atomic E-state index is -1.11. The molecule has 0 saturated heterocycles. The van der Waals surface area contributed by atoms with Gasteiger partial charge in [0.1, 0.15) is 6.04 Å². The van der Waals surface area contributed by atoms with Crippen molar-refractivity contribution in [1.29, 1.82) is 0 Å². The summed E-state index contributed by atoms with van der Waals surface area (Å²) < 4.78 is 0. The molecule has 0 aliphatic carbocycles. The summed E-state index contributed by atoms with van der Waals surface area (Å²) in [4.78, 5) is 35.5. The fourth-order valence-electron chi connectivity index (χ4n) is 3.06. The Balaban J connectivity index is 2.06. The van der Waals surface area contributed by atoms with E-state index in [1.807, 2.05) is 49.4 Å². The van der Waals surface area contributed by atoms with E-state index in [9.17, 15) is 19.5 Å². The van der Waals surface area contributed by atoms with Crippen molar-refractivity contribution in [3.8, 4) is 11.1 Å². The van der Waals surface area contributed by atoms with E-state index in [0.717, 1.165) is 27.8 Å². The molecule has 0 fully saturated rings. The normalized spacial score (nSPS) is 17.7. The molecule has 1 heterocycles. The number of carboxylic acid groups (broad SMARTS) is 1. The van der Waals surface area contributed by atoms with E-state index >= 15 is 0 Å². The summed E-state index contributed by atoms with van der Waals surface area (Å²) in [7, 11) is 0. The van der Waals surface area contributed by atoms with Gasteiger partial charge in [-0.25, -0.2) is 4.79 Å². The number of rotatable bonds is 1. The summed E-state index contributed by atoms with van der Waals surface area (Å²) >= 11 is 0. The van der Waals surface area contributed by atoms with Gasteiger partial charge >= 0.3 is 5.97 Å². The van der Waals surface area contributed by atoms with E-state index in [2.05, 4.69) is 10.6 Å². The first-order chi connectivity index (χ1) is 12.4. The van der Waals surface area contributed by atoms with Crippen LogP contribution in [0.25, 0.3) is 11.1 Å². The van der Waals surface area contributed by atoms with Crippen molar-refractivity contribution in [3.05, 3.63) is 59.2 Å². The number of fused-ring (bicyclic) bond motifs is 5. The number of carbonyl (C=O) groups excluding carboxylic acids is 2. The monoisotopic (exact) mass is 352 g/mol. The van der Waals surface area contributed by atoms with Crippen molar-refractivity contribution < 1.29 is 19.5 Å². The van der Waals surface area contributed by atoms with E-state index in [1.165, 1.54) is 0 Å². The van der Waals surface area contributed by atoms with Crippen molar-refractivity contribution in [3.63, 3.8) is 0 Å². The second-order valence-corrected chi connectivity index (χ2v) is 6.47. The zero-order valence-corrected chi connectivity index (χ0v) is 14.4. The zero-order chi connectivity index (χ0) is 18.7. The molecule has 6 heteroatoms. The highest BCUT2D eigenvalue weighted by molar-refractivity contribution is 5.88. The number of aryl methyl sites for hydroxylation is 1. The van der Waals surface area contributed by atoms with Gasteiger partial charge in [0.15, 0.2) is 0 Å². The molecule has 3 rings (SSSR count). The lowest BCUT2D eigenvalue weighted by Gasteiger charge is -2.17. The summed E-state index contributed by atoms with van der Waals surface area (Å²) in [6, 6.07) is 12.4. The van der Waals surface area contributed by atoms with Crippen LogP contribution in [0.4, 0.5) is 0 Å². The molecule has 0 spiro atoms. The number of carbonyl (C=O) groups is 3. The van der Waals surface area contributed by atoms with E-state index in [-0.39, 0.29) is 25.3 Å². The molecule has 3 N–H and O–H groups in total. The van der Waals surface area contributed by atoms with Gasteiger partial charge in [0.25, 0.3) is 0 Å². The van der Waals surface area contributed by atoms with Gasteiger partial charge in [-0.15, -0.1) is 0 Å². The first-order valence-electron chi connectivity index (χ1n) is 8.40. The fraction of sp³-hybridized carbons (Fsp3) is 0.250. The molecular weight excluding hydrogens is 332 g/mol. The van der Waals surface area contributed by atoms with E-state index in [4.69, 9.17) is 0 Å². The van der Waals surface area contributed by atoms with E-state index < -0.39 is 17.9 Å². The maximum atomic E-state index is 12.1. The third-order valence-electron chi connectivity index (χ3n) is 4.42. The molecule has 4 bridgehead atoms. The van der Waals surface area contributed by atoms with Gasteiger partial charge in [0.05, 0.1) is 13.0 Å². The highest BCUT2D eigenvalue weighted by atomic mass is 16.4. The van der Waals surface area contributed by atoms with Crippen LogP contribution in [0.1, 0.15) is 16.7 Å². The van der Waals surface area contributed by atoms with Crippen LogP contribution in [-0.2, 0) is 27.2 Å². The number of aliphatic carboxylic acids is 1. The topological polar surface area (TPSA) is 95.5 Å². The van der Waals surface area contributed by atoms with Gasteiger partial charge in [-0.2, -0.15) is 0 Å². The summed E-state index contributed by atoms with van der Waals surface area (Å²) in [5.41, 5.74) is 4.69. The number of carboxylic acids is 1. The van der Waals surface area contributed by atoms with Crippen molar-refractivity contribution in [2.24, 2.45) is 0 Å². The second-order valence-electron chi connectivity index (χ2n) is 6.47. The van der Waals surface area contributed by atoms with Gasteiger partial charge in [0.2, 0.25) is 11.8 Å². The molecule has 0 aromatic heterocycles. The molecule has 1 aliphatic rings. The van der Waals surface area contributed by atoms with E-state index in [1.54, 1.807) is 0 Å². The Hall–Kier alpha value is -3.15. The number of amides is 2. The third kappa shape index (κ3) is 4.08. The average molecular weight is 352 g/mol. The molecule has 134 valence electrons. The van der Waals surface area contributed by atoms with Crippen LogP contribution in [0, 0.1) is 6.92 Å². The molecule has 0 saturated carbocycles. The Labute approximate surface area is 151 Å². The molecule has 1 aliphatic heterocycles. The largest absolute Gasteiger partial charge is 0.480 e. The van der Waals surface area contributed by atoms with Crippen molar-refractivity contribution >= 4 is 17.8 Å². The number of benzene rings is 2. The lowest BCUT2D eigenvalue weighted by atomic mass is 9.94. The summed E-state index contributed by atoms with van der Waals surface area (Å²) in [6.45, 7) is 1.74. The molecule has 2 aromatic rings. The number of hydrogen-bond acceptors (Lipinski definition) is 3. The third-order valence-corrected chi connectivity index (χ3v) is 4.42. The minimum Gasteiger partial charge on any atom is -0.480 e. The molecular formula is C20H20N2O4. The Morgan fingerprint density at radius 1 is 1.08 bits per heavy atom. The smallest absolute Gasteiger partial charge is 0.326 e. The lowest BCUT2D eigenvalue weighted by Crippen LogP contribution is -2.46. The predicted molar refractivity (Wildman–Crippen MR) is 96.6 cm³/mol. The zero-order valence-electron chi connectivity index (χ0n) is 14.4.